The summed E-state index contributed by atoms with van der Waals surface area (Å²) in [6.45, 7) is 0. The standard InChI is InChI=1S/C23H22ClFN2O3S/c24-13-2-7-20(18(25)10-13)31-27-14-11-17-21(26-22(29)23(17)8-1-9-23)19(12-14)30-16-5-3-15(28)4-6-16/h2,7,10-12,16,27H,1,3-6,8-9H2,(H,26,29). The lowest BCUT2D eigenvalue weighted by atomic mass is 9.65. The molecule has 2 aromatic carbocycles. The van der Waals surface area contributed by atoms with Gasteiger partial charge in [-0.1, -0.05) is 18.0 Å². The van der Waals surface area contributed by atoms with Crippen molar-refractivity contribution < 1.29 is 18.7 Å². The highest BCUT2D eigenvalue weighted by molar-refractivity contribution is 8.00. The van der Waals surface area contributed by atoms with Crippen LogP contribution < -0.4 is 14.8 Å². The predicted molar refractivity (Wildman–Crippen MR) is 119 cm³/mol. The number of benzene rings is 2. The van der Waals surface area contributed by atoms with Crippen LogP contribution in [0.25, 0.3) is 0 Å². The first kappa shape index (κ1) is 20.6. The molecule has 5 rings (SSSR count). The molecule has 0 aromatic heterocycles. The number of fused-ring (bicyclic) bond motifs is 2. The Kier molecular flexibility index (Phi) is 5.34. The minimum absolute atomic E-state index is 0.0194. The molecule has 0 atom stereocenters. The summed E-state index contributed by atoms with van der Waals surface area (Å²) < 4.78 is 23.7. The highest BCUT2D eigenvalue weighted by Crippen LogP contribution is 2.55. The number of anilines is 2. The summed E-state index contributed by atoms with van der Waals surface area (Å²) in [5.74, 6) is 0.491. The summed E-state index contributed by atoms with van der Waals surface area (Å²) >= 11 is 6.99. The first-order valence-corrected chi connectivity index (χ1v) is 11.7. The molecule has 2 saturated carbocycles. The molecule has 2 N–H and O–H groups in total. The Morgan fingerprint density at radius 2 is 1.94 bits per heavy atom. The first-order valence-electron chi connectivity index (χ1n) is 10.5. The van der Waals surface area contributed by atoms with Crippen LogP contribution in [0.2, 0.25) is 5.02 Å². The van der Waals surface area contributed by atoms with Gasteiger partial charge in [-0.15, -0.1) is 0 Å². The van der Waals surface area contributed by atoms with E-state index in [0.717, 1.165) is 48.1 Å². The molecule has 0 saturated heterocycles. The Hall–Kier alpha value is -2.25. The summed E-state index contributed by atoms with van der Waals surface area (Å²) in [4.78, 5) is 24.8. The number of hydrogen-bond donors (Lipinski definition) is 2. The molecule has 1 spiro atoms. The number of carbonyl (C=O) groups excluding carboxylic acids is 2. The third-order valence-electron chi connectivity index (χ3n) is 6.45. The monoisotopic (exact) mass is 460 g/mol. The van der Waals surface area contributed by atoms with Gasteiger partial charge in [0, 0.05) is 29.6 Å². The van der Waals surface area contributed by atoms with Crippen molar-refractivity contribution in [1.29, 1.82) is 0 Å². The number of nitrogens with one attached hydrogen (secondary N) is 2. The fourth-order valence-electron chi connectivity index (χ4n) is 4.54. The van der Waals surface area contributed by atoms with Gasteiger partial charge in [0.1, 0.15) is 17.3 Å². The van der Waals surface area contributed by atoms with E-state index in [1.165, 1.54) is 6.07 Å². The number of rotatable bonds is 5. The topological polar surface area (TPSA) is 67.4 Å². The minimum atomic E-state index is -0.496. The van der Waals surface area contributed by atoms with Crippen LogP contribution >= 0.6 is 23.5 Å². The fourth-order valence-corrected chi connectivity index (χ4v) is 5.34. The van der Waals surface area contributed by atoms with Crippen molar-refractivity contribution in [1.82, 2.24) is 0 Å². The van der Waals surface area contributed by atoms with Crippen molar-refractivity contribution in [3.63, 3.8) is 0 Å². The van der Waals surface area contributed by atoms with Crippen molar-refractivity contribution >= 4 is 46.6 Å². The average molecular weight is 461 g/mol. The molecule has 3 aliphatic rings. The molecule has 0 radical (unpaired) electrons. The maximum Gasteiger partial charge on any atom is 0.235 e. The van der Waals surface area contributed by atoms with E-state index in [2.05, 4.69) is 10.0 Å². The van der Waals surface area contributed by atoms with Crippen molar-refractivity contribution in [3.05, 3.63) is 46.7 Å². The summed E-state index contributed by atoms with van der Waals surface area (Å²) in [5, 5.41) is 3.38. The lowest BCUT2D eigenvalue weighted by Crippen LogP contribution is -2.40. The lowest BCUT2D eigenvalue weighted by Gasteiger charge is -2.36. The Balaban J connectivity index is 1.44. The zero-order valence-corrected chi connectivity index (χ0v) is 18.4. The second-order valence-electron chi connectivity index (χ2n) is 8.42. The van der Waals surface area contributed by atoms with Crippen LogP contribution in [-0.2, 0) is 15.0 Å². The average Bonchev–Trinajstić information content (AvgIpc) is 3.01. The van der Waals surface area contributed by atoms with Gasteiger partial charge in [0.15, 0.2) is 0 Å². The predicted octanol–water partition coefficient (Wildman–Crippen LogP) is 5.86. The summed E-state index contributed by atoms with van der Waals surface area (Å²) in [5.41, 5.74) is 1.91. The first-order chi connectivity index (χ1) is 14.9. The van der Waals surface area contributed by atoms with Gasteiger partial charge < -0.3 is 14.8 Å². The number of ketones is 1. The Morgan fingerprint density at radius 1 is 1.16 bits per heavy atom. The largest absolute Gasteiger partial charge is 0.488 e. The molecule has 1 amide bonds. The molecule has 162 valence electrons. The second-order valence-corrected chi connectivity index (χ2v) is 9.71. The van der Waals surface area contributed by atoms with E-state index in [1.807, 2.05) is 12.1 Å². The quantitative estimate of drug-likeness (QED) is 0.547. The van der Waals surface area contributed by atoms with E-state index in [-0.39, 0.29) is 17.8 Å². The molecule has 8 heteroatoms. The van der Waals surface area contributed by atoms with E-state index in [0.29, 0.717) is 41.4 Å². The van der Waals surface area contributed by atoms with Crippen LogP contribution in [-0.4, -0.2) is 17.8 Å². The molecule has 0 unspecified atom stereocenters. The second kappa shape index (κ2) is 8.02. The van der Waals surface area contributed by atoms with Crippen molar-refractivity contribution in [2.45, 2.75) is 61.4 Å². The van der Waals surface area contributed by atoms with Gasteiger partial charge in [0.2, 0.25) is 5.91 Å². The Bertz CT molecular complexity index is 1060. The lowest BCUT2D eigenvalue weighted by molar-refractivity contribution is -0.123. The smallest absolute Gasteiger partial charge is 0.235 e. The van der Waals surface area contributed by atoms with Crippen molar-refractivity contribution in [2.24, 2.45) is 0 Å². The van der Waals surface area contributed by atoms with Gasteiger partial charge in [-0.05, 0) is 67.5 Å². The van der Waals surface area contributed by atoms with Gasteiger partial charge in [-0.25, -0.2) is 4.39 Å². The molecule has 1 heterocycles. The van der Waals surface area contributed by atoms with Crippen molar-refractivity contribution in [3.8, 4) is 5.75 Å². The van der Waals surface area contributed by atoms with Crippen LogP contribution in [0, 0.1) is 5.82 Å². The maximum atomic E-state index is 14.2. The van der Waals surface area contributed by atoms with E-state index in [1.54, 1.807) is 12.1 Å². The number of carbonyl (C=O) groups is 2. The highest BCUT2D eigenvalue weighted by atomic mass is 35.5. The van der Waals surface area contributed by atoms with Crippen LogP contribution in [0.1, 0.15) is 50.5 Å². The SMILES string of the molecule is O=C1CCC(Oc2cc(NSc3ccc(Cl)cc3F)cc3c2NC(=O)C32CCC2)CC1. The zero-order valence-electron chi connectivity index (χ0n) is 16.8. The molecule has 31 heavy (non-hydrogen) atoms. The van der Waals surface area contributed by atoms with E-state index in [4.69, 9.17) is 16.3 Å². The van der Waals surface area contributed by atoms with Crippen LogP contribution in [0.5, 0.6) is 5.75 Å². The Labute approximate surface area is 189 Å². The van der Waals surface area contributed by atoms with E-state index < -0.39 is 11.2 Å². The number of Topliss-reactive ketones (excluding diaryl/α,β-unsaturated/α-hetero) is 1. The van der Waals surface area contributed by atoms with Gasteiger partial charge in [0.05, 0.1) is 22.1 Å². The number of halogens is 2. The third kappa shape index (κ3) is 3.78. The van der Waals surface area contributed by atoms with Gasteiger partial charge in [0.25, 0.3) is 0 Å². The summed E-state index contributed by atoms with van der Waals surface area (Å²) in [6, 6.07) is 8.34. The van der Waals surface area contributed by atoms with E-state index >= 15 is 0 Å². The van der Waals surface area contributed by atoms with Crippen LogP contribution in [0.3, 0.4) is 0 Å². The molecule has 2 fully saturated rings. The molecular formula is C23H22ClFN2O3S. The number of hydrogen-bond acceptors (Lipinski definition) is 5. The molecule has 2 aromatic rings. The fraction of sp³-hybridized carbons (Fsp3) is 0.391. The highest BCUT2D eigenvalue weighted by Gasteiger charge is 2.52. The van der Waals surface area contributed by atoms with Crippen LogP contribution in [0.4, 0.5) is 15.8 Å². The third-order valence-corrected chi connectivity index (χ3v) is 7.58. The minimum Gasteiger partial charge on any atom is -0.488 e. The molecule has 2 aliphatic carbocycles. The van der Waals surface area contributed by atoms with Crippen molar-refractivity contribution in [2.75, 3.05) is 10.0 Å². The van der Waals surface area contributed by atoms with E-state index in [9.17, 15) is 14.0 Å². The number of ether oxygens (including phenoxy) is 1. The summed E-state index contributed by atoms with van der Waals surface area (Å²) in [7, 11) is 0. The van der Waals surface area contributed by atoms with Crippen LogP contribution in [0.15, 0.2) is 35.2 Å². The normalized spacial score (nSPS) is 19.7. The zero-order chi connectivity index (χ0) is 21.6. The molecular weight excluding hydrogens is 439 g/mol. The maximum absolute atomic E-state index is 14.2. The Morgan fingerprint density at radius 3 is 2.61 bits per heavy atom. The summed E-state index contributed by atoms with van der Waals surface area (Å²) in [6.07, 6.45) is 4.96. The van der Waals surface area contributed by atoms with Gasteiger partial charge in [-0.3, -0.25) is 9.59 Å². The molecule has 5 nitrogen and oxygen atoms in total. The van der Waals surface area contributed by atoms with Gasteiger partial charge >= 0.3 is 0 Å². The molecule has 0 bridgehead atoms. The van der Waals surface area contributed by atoms with Gasteiger partial charge in [-0.2, -0.15) is 0 Å². The number of amides is 1. The molecule has 1 aliphatic heterocycles.